The summed E-state index contributed by atoms with van der Waals surface area (Å²) < 4.78 is 41.8. The molecule has 1 aromatic carbocycles. The highest BCUT2D eigenvalue weighted by Gasteiger charge is 2.24. The number of hydrogen-bond donors (Lipinski definition) is 1. The topological polar surface area (TPSA) is 58.1 Å². The van der Waals surface area contributed by atoms with Gasteiger partial charge in [-0.1, -0.05) is 6.07 Å². The third kappa shape index (κ3) is 2.91. The molecule has 2 aromatic rings. The van der Waals surface area contributed by atoms with E-state index in [-0.39, 0.29) is 30.2 Å². The minimum Gasteiger partial charge on any atom is -0.315 e. The number of carbonyl (C=O) groups is 1. The predicted molar refractivity (Wildman–Crippen MR) is 74.1 cm³/mol. The van der Waals surface area contributed by atoms with E-state index in [4.69, 9.17) is 0 Å². The maximum atomic E-state index is 14.0. The molecule has 0 saturated carbocycles. The summed E-state index contributed by atoms with van der Waals surface area (Å²) in [6.45, 7) is 1.40. The van der Waals surface area contributed by atoms with Crippen LogP contribution in [0.3, 0.4) is 0 Å². The molecule has 0 radical (unpaired) electrons. The van der Waals surface area contributed by atoms with E-state index in [9.17, 15) is 18.0 Å². The Labute approximate surface area is 124 Å². The van der Waals surface area contributed by atoms with Crippen molar-refractivity contribution < 1.29 is 18.0 Å². The van der Waals surface area contributed by atoms with Gasteiger partial charge in [-0.3, -0.25) is 9.69 Å². The number of aryl methyl sites for hydroxylation is 1. The van der Waals surface area contributed by atoms with Gasteiger partial charge < -0.3 is 5.32 Å². The first-order valence-electron chi connectivity index (χ1n) is 6.35. The number of amides is 1. The Balaban J connectivity index is 2.68. The summed E-state index contributed by atoms with van der Waals surface area (Å²) in [5.41, 5.74) is -0.685. The number of para-hydroxylation sites is 1. The lowest BCUT2D eigenvalue weighted by molar-refractivity contribution is -0.106. The van der Waals surface area contributed by atoms with E-state index < -0.39 is 23.3 Å². The molecule has 116 valence electrons. The normalized spacial score (nSPS) is 10.6. The molecule has 0 aliphatic heterocycles. The zero-order valence-electron chi connectivity index (χ0n) is 11.9. The van der Waals surface area contributed by atoms with Crippen molar-refractivity contribution in [2.75, 3.05) is 11.9 Å². The predicted octanol–water partition coefficient (Wildman–Crippen LogP) is 2.22. The fourth-order valence-electron chi connectivity index (χ4n) is 2.00. The third-order valence-corrected chi connectivity index (χ3v) is 2.91. The van der Waals surface area contributed by atoms with Gasteiger partial charge in [0, 0.05) is 6.54 Å². The minimum absolute atomic E-state index is 0.0120. The summed E-state index contributed by atoms with van der Waals surface area (Å²) in [6.07, 6.45) is 0.182. The molecular formula is C14H13F3N4O. The van der Waals surface area contributed by atoms with Crippen LogP contribution in [0.1, 0.15) is 11.4 Å². The van der Waals surface area contributed by atoms with Crippen molar-refractivity contribution in [3.63, 3.8) is 0 Å². The van der Waals surface area contributed by atoms with Gasteiger partial charge in [0.15, 0.2) is 5.82 Å². The van der Waals surface area contributed by atoms with Crippen LogP contribution in [0.4, 0.5) is 24.7 Å². The highest BCUT2D eigenvalue weighted by Crippen LogP contribution is 2.30. The van der Waals surface area contributed by atoms with E-state index in [0.717, 1.165) is 18.2 Å². The van der Waals surface area contributed by atoms with E-state index in [1.807, 2.05) is 0 Å². The van der Waals surface area contributed by atoms with Crippen LogP contribution in [0.15, 0.2) is 18.2 Å². The van der Waals surface area contributed by atoms with E-state index in [2.05, 4.69) is 15.3 Å². The average Bonchev–Trinajstić information content (AvgIpc) is 2.46. The fourth-order valence-corrected chi connectivity index (χ4v) is 2.00. The van der Waals surface area contributed by atoms with E-state index in [1.54, 1.807) is 7.05 Å². The molecule has 2 rings (SSSR count). The molecule has 0 unspecified atom stereocenters. The van der Waals surface area contributed by atoms with E-state index in [1.165, 1.54) is 6.92 Å². The van der Waals surface area contributed by atoms with Crippen molar-refractivity contribution in [3.8, 4) is 0 Å². The Bertz CT molecular complexity index is 688. The van der Waals surface area contributed by atoms with Crippen molar-refractivity contribution >= 4 is 17.9 Å². The van der Waals surface area contributed by atoms with E-state index >= 15 is 0 Å². The van der Waals surface area contributed by atoms with Crippen LogP contribution in [0.25, 0.3) is 0 Å². The number of benzene rings is 1. The van der Waals surface area contributed by atoms with Gasteiger partial charge in [0.25, 0.3) is 0 Å². The van der Waals surface area contributed by atoms with Crippen LogP contribution in [0, 0.1) is 24.5 Å². The molecule has 0 aliphatic carbocycles. The van der Waals surface area contributed by atoms with Crippen molar-refractivity contribution in [1.29, 1.82) is 0 Å². The van der Waals surface area contributed by atoms with Gasteiger partial charge in [-0.05, 0) is 26.1 Å². The van der Waals surface area contributed by atoms with Crippen LogP contribution in [0.2, 0.25) is 0 Å². The van der Waals surface area contributed by atoms with Gasteiger partial charge in [0.05, 0.1) is 5.56 Å². The van der Waals surface area contributed by atoms with Crippen LogP contribution < -0.4 is 10.2 Å². The summed E-state index contributed by atoms with van der Waals surface area (Å²) in [5.74, 6) is -2.95. The largest absolute Gasteiger partial charge is 0.315 e. The second kappa shape index (κ2) is 6.52. The zero-order valence-corrected chi connectivity index (χ0v) is 11.9. The maximum Gasteiger partial charge on any atom is 0.222 e. The Morgan fingerprint density at radius 1 is 1.23 bits per heavy atom. The lowest BCUT2D eigenvalue weighted by atomic mass is 10.2. The Kier molecular flexibility index (Phi) is 4.71. The lowest BCUT2D eigenvalue weighted by Crippen LogP contribution is -2.23. The second-order valence-corrected chi connectivity index (χ2v) is 4.44. The number of carbonyl (C=O) groups excluding carboxylic acids is 1. The fraction of sp³-hybridized carbons (Fsp3) is 0.214. The first-order valence-corrected chi connectivity index (χ1v) is 6.35. The van der Waals surface area contributed by atoms with Crippen molar-refractivity contribution in [2.24, 2.45) is 0 Å². The number of nitrogens with zero attached hydrogens (tertiary/aromatic N) is 3. The molecule has 1 heterocycles. The number of nitrogens with one attached hydrogen (secondary N) is 1. The monoisotopic (exact) mass is 310 g/mol. The van der Waals surface area contributed by atoms with E-state index in [0.29, 0.717) is 4.90 Å². The molecule has 0 saturated heterocycles. The van der Waals surface area contributed by atoms with Gasteiger partial charge in [-0.25, -0.2) is 18.7 Å². The molecule has 1 aromatic heterocycles. The number of halogens is 3. The third-order valence-electron chi connectivity index (χ3n) is 2.91. The summed E-state index contributed by atoms with van der Waals surface area (Å²) in [6, 6.07) is 3.16. The van der Waals surface area contributed by atoms with Gasteiger partial charge in [0.1, 0.15) is 23.1 Å². The van der Waals surface area contributed by atoms with Crippen molar-refractivity contribution in [2.45, 2.75) is 13.5 Å². The SMILES string of the molecule is CNCc1c(F)nc(C)nc1N(C=O)c1c(F)cccc1F. The number of hydrogen-bond acceptors (Lipinski definition) is 4. The molecule has 1 amide bonds. The molecule has 0 fully saturated rings. The molecule has 0 spiro atoms. The number of aromatic nitrogens is 2. The molecule has 0 bridgehead atoms. The Morgan fingerprint density at radius 3 is 2.41 bits per heavy atom. The maximum absolute atomic E-state index is 14.0. The minimum atomic E-state index is -0.959. The molecule has 0 atom stereocenters. The smallest absolute Gasteiger partial charge is 0.222 e. The molecule has 1 N–H and O–H groups in total. The lowest BCUT2D eigenvalue weighted by Gasteiger charge is -2.21. The van der Waals surface area contributed by atoms with Crippen LogP contribution >= 0.6 is 0 Å². The summed E-state index contributed by atoms with van der Waals surface area (Å²) in [5, 5.41) is 2.69. The number of rotatable bonds is 5. The standard InChI is InChI=1S/C14H13F3N4O/c1-8-19-13(17)9(6-18-2)14(20-8)21(7-22)12-10(15)4-3-5-11(12)16/h3-5,7,18H,6H2,1-2H3. The van der Waals surface area contributed by atoms with Crippen LogP contribution in [0.5, 0.6) is 0 Å². The highest BCUT2D eigenvalue weighted by atomic mass is 19.1. The average molecular weight is 310 g/mol. The van der Waals surface area contributed by atoms with Gasteiger partial charge in [0.2, 0.25) is 12.4 Å². The molecule has 22 heavy (non-hydrogen) atoms. The summed E-state index contributed by atoms with van der Waals surface area (Å²) in [4.78, 5) is 19.5. The second-order valence-electron chi connectivity index (χ2n) is 4.44. The molecule has 5 nitrogen and oxygen atoms in total. The Morgan fingerprint density at radius 2 is 1.86 bits per heavy atom. The Hall–Kier alpha value is -2.48. The number of anilines is 2. The first kappa shape index (κ1) is 15.9. The van der Waals surface area contributed by atoms with Gasteiger partial charge in [-0.15, -0.1) is 0 Å². The summed E-state index contributed by atoms with van der Waals surface area (Å²) >= 11 is 0. The van der Waals surface area contributed by atoms with Gasteiger partial charge >= 0.3 is 0 Å². The van der Waals surface area contributed by atoms with Crippen LogP contribution in [-0.4, -0.2) is 23.4 Å². The first-order chi connectivity index (χ1) is 10.5. The van der Waals surface area contributed by atoms with Crippen molar-refractivity contribution in [1.82, 2.24) is 15.3 Å². The molecule has 8 heteroatoms. The summed E-state index contributed by atoms with van der Waals surface area (Å²) in [7, 11) is 1.55. The zero-order chi connectivity index (χ0) is 16.3. The quantitative estimate of drug-likeness (QED) is 0.679. The molecule has 0 aliphatic rings. The van der Waals surface area contributed by atoms with Crippen molar-refractivity contribution in [3.05, 3.63) is 47.2 Å². The van der Waals surface area contributed by atoms with Crippen LogP contribution in [-0.2, 0) is 11.3 Å². The molecular weight excluding hydrogens is 297 g/mol. The van der Waals surface area contributed by atoms with Gasteiger partial charge in [-0.2, -0.15) is 4.39 Å². The highest BCUT2D eigenvalue weighted by molar-refractivity contribution is 5.86.